The summed E-state index contributed by atoms with van der Waals surface area (Å²) in [5, 5.41) is 2.76. The molecule has 1 atom stereocenters. The maximum Gasteiger partial charge on any atom is 0.228 e. The second-order valence-corrected chi connectivity index (χ2v) is 6.43. The lowest BCUT2D eigenvalue weighted by Crippen LogP contribution is -2.39. The molecular formula is C23H23N3O. The Hall–Kier alpha value is -3.40. The molecule has 27 heavy (non-hydrogen) atoms. The van der Waals surface area contributed by atoms with Crippen molar-refractivity contribution in [2.75, 3.05) is 5.32 Å². The second-order valence-electron chi connectivity index (χ2n) is 6.43. The summed E-state index contributed by atoms with van der Waals surface area (Å²) in [7, 11) is 0. The van der Waals surface area contributed by atoms with Gasteiger partial charge in [-0.25, -0.2) is 4.99 Å². The molecule has 0 spiro atoms. The molecule has 0 aromatic heterocycles. The van der Waals surface area contributed by atoms with Crippen molar-refractivity contribution in [3.8, 4) is 0 Å². The van der Waals surface area contributed by atoms with Crippen LogP contribution in [0.25, 0.3) is 0 Å². The minimum Gasteiger partial charge on any atom is -0.386 e. The van der Waals surface area contributed by atoms with Gasteiger partial charge in [0.25, 0.3) is 0 Å². The van der Waals surface area contributed by atoms with E-state index in [-0.39, 0.29) is 11.3 Å². The van der Waals surface area contributed by atoms with Gasteiger partial charge >= 0.3 is 0 Å². The number of amidine groups is 1. The van der Waals surface area contributed by atoms with Crippen LogP contribution in [0, 0.1) is 0 Å². The quantitative estimate of drug-likeness (QED) is 0.811. The Morgan fingerprint density at radius 1 is 1.11 bits per heavy atom. The molecule has 0 saturated heterocycles. The van der Waals surface area contributed by atoms with Gasteiger partial charge in [0.15, 0.2) is 0 Å². The Balaban J connectivity index is 0.000000177. The predicted molar refractivity (Wildman–Crippen MR) is 112 cm³/mol. The van der Waals surface area contributed by atoms with Gasteiger partial charge in [-0.05, 0) is 29.7 Å². The van der Waals surface area contributed by atoms with Gasteiger partial charge < -0.3 is 11.1 Å². The molecule has 1 unspecified atom stereocenters. The van der Waals surface area contributed by atoms with Crippen LogP contribution in [0.5, 0.6) is 0 Å². The first-order chi connectivity index (χ1) is 13.2. The molecule has 4 rings (SSSR count). The lowest BCUT2D eigenvalue weighted by Gasteiger charge is -2.29. The summed E-state index contributed by atoms with van der Waals surface area (Å²) in [5.74, 6) is 0.704. The molecule has 2 heterocycles. The van der Waals surface area contributed by atoms with Crippen molar-refractivity contribution < 1.29 is 4.79 Å². The van der Waals surface area contributed by atoms with E-state index < -0.39 is 0 Å². The summed E-state index contributed by atoms with van der Waals surface area (Å²) in [6, 6.07) is 17.9. The predicted octanol–water partition coefficient (Wildman–Crippen LogP) is 4.12. The zero-order chi connectivity index (χ0) is 19.1. The van der Waals surface area contributed by atoms with Crippen LogP contribution in [0.4, 0.5) is 5.69 Å². The highest BCUT2D eigenvalue weighted by molar-refractivity contribution is 5.99. The van der Waals surface area contributed by atoms with Crippen LogP contribution in [0.2, 0.25) is 0 Å². The van der Waals surface area contributed by atoms with Crippen molar-refractivity contribution in [3.63, 3.8) is 0 Å². The van der Waals surface area contributed by atoms with Crippen LogP contribution in [0.15, 0.2) is 96.7 Å². The topological polar surface area (TPSA) is 67.5 Å². The molecule has 136 valence electrons. The second kappa shape index (κ2) is 8.32. The number of nitrogens with two attached hydrogens (primary N) is 1. The van der Waals surface area contributed by atoms with Crippen molar-refractivity contribution in [1.82, 2.24) is 0 Å². The van der Waals surface area contributed by atoms with E-state index in [0.717, 1.165) is 23.2 Å². The number of amides is 1. The summed E-state index contributed by atoms with van der Waals surface area (Å²) in [6.07, 6.45) is 10.8. The normalized spacial score (nSPS) is 19.9. The number of allylic oxidation sites excluding steroid dienone is 3. The number of carbonyl (C=O) groups excluding carboxylic acids is 1. The van der Waals surface area contributed by atoms with Gasteiger partial charge in [0.1, 0.15) is 5.84 Å². The molecule has 0 saturated carbocycles. The Labute approximate surface area is 159 Å². The Morgan fingerprint density at radius 2 is 1.85 bits per heavy atom. The van der Waals surface area contributed by atoms with E-state index in [4.69, 9.17) is 5.73 Å². The Morgan fingerprint density at radius 3 is 2.59 bits per heavy atom. The minimum absolute atomic E-state index is 0.0983. The largest absolute Gasteiger partial charge is 0.386 e. The fourth-order valence-corrected chi connectivity index (χ4v) is 3.25. The van der Waals surface area contributed by atoms with E-state index in [9.17, 15) is 4.79 Å². The van der Waals surface area contributed by atoms with E-state index in [1.165, 1.54) is 0 Å². The highest BCUT2D eigenvalue weighted by Crippen LogP contribution is 2.31. The molecule has 2 aromatic carbocycles. The summed E-state index contributed by atoms with van der Waals surface area (Å²) < 4.78 is 0. The lowest BCUT2D eigenvalue weighted by molar-refractivity contribution is -0.115. The minimum atomic E-state index is -0.369. The average molecular weight is 357 g/mol. The maximum atomic E-state index is 10.8. The number of benzene rings is 2. The molecule has 1 amide bonds. The van der Waals surface area contributed by atoms with E-state index in [1.807, 2.05) is 60.7 Å². The number of nitrogens with zero attached hydrogens (tertiary/aromatic N) is 1. The van der Waals surface area contributed by atoms with Gasteiger partial charge in [-0.3, -0.25) is 4.79 Å². The van der Waals surface area contributed by atoms with Crippen molar-refractivity contribution in [2.24, 2.45) is 10.7 Å². The van der Waals surface area contributed by atoms with Gasteiger partial charge in [0, 0.05) is 11.9 Å². The first-order valence-corrected chi connectivity index (χ1v) is 8.88. The summed E-state index contributed by atoms with van der Waals surface area (Å²) in [4.78, 5) is 15.1. The monoisotopic (exact) mass is 357 g/mol. The standard InChI is InChI=1S/C15H16N2.C8H7NO/c1-2-10-15(13-8-4-3-5-9-13)11-6-7-12-17-14(15)16;10-8-5-6-3-1-2-4-7(6)9-8/h2-9,11-12H,1,10H2,(H2,16,17);1-4H,5H2,(H,9,10). The number of nitrogens with one attached hydrogen (secondary N) is 1. The number of rotatable bonds is 3. The zero-order valence-electron chi connectivity index (χ0n) is 15.1. The van der Waals surface area contributed by atoms with Crippen LogP contribution in [0.3, 0.4) is 0 Å². The molecular weight excluding hydrogens is 334 g/mol. The molecule has 0 bridgehead atoms. The Bertz CT molecular complexity index is 885. The zero-order valence-corrected chi connectivity index (χ0v) is 15.1. The van der Waals surface area contributed by atoms with Crippen LogP contribution in [-0.2, 0) is 16.6 Å². The highest BCUT2D eigenvalue weighted by atomic mass is 16.1. The van der Waals surface area contributed by atoms with Gasteiger partial charge in [0.2, 0.25) is 5.91 Å². The molecule has 0 fully saturated rings. The van der Waals surface area contributed by atoms with Crippen LogP contribution >= 0.6 is 0 Å². The molecule has 2 aromatic rings. The van der Waals surface area contributed by atoms with Crippen LogP contribution in [0.1, 0.15) is 17.5 Å². The van der Waals surface area contributed by atoms with Crippen molar-refractivity contribution in [1.29, 1.82) is 0 Å². The van der Waals surface area contributed by atoms with E-state index in [1.54, 1.807) is 6.20 Å². The fourth-order valence-electron chi connectivity index (χ4n) is 3.25. The van der Waals surface area contributed by atoms with Crippen LogP contribution < -0.4 is 11.1 Å². The maximum absolute atomic E-state index is 10.8. The molecule has 0 radical (unpaired) electrons. The highest BCUT2D eigenvalue weighted by Gasteiger charge is 2.32. The molecule has 4 heteroatoms. The van der Waals surface area contributed by atoms with Gasteiger partial charge in [0.05, 0.1) is 11.8 Å². The number of para-hydroxylation sites is 1. The number of aliphatic imine (C=N–C) groups is 1. The van der Waals surface area contributed by atoms with Crippen molar-refractivity contribution >= 4 is 17.4 Å². The first-order valence-electron chi connectivity index (χ1n) is 8.88. The lowest BCUT2D eigenvalue weighted by atomic mass is 9.76. The number of anilines is 1. The summed E-state index contributed by atoms with van der Waals surface area (Å²) in [5.41, 5.74) is 8.97. The van der Waals surface area contributed by atoms with Crippen LogP contribution in [-0.4, -0.2) is 11.7 Å². The van der Waals surface area contributed by atoms with E-state index >= 15 is 0 Å². The van der Waals surface area contributed by atoms with E-state index in [2.05, 4.69) is 35.1 Å². The molecule has 3 N–H and O–H groups in total. The number of hydrogen-bond acceptors (Lipinski definition) is 3. The number of fused-ring (bicyclic) bond motifs is 1. The molecule has 0 aliphatic carbocycles. The first kappa shape index (κ1) is 18.4. The average Bonchev–Trinajstić information content (AvgIpc) is 2.97. The number of hydrogen-bond donors (Lipinski definition) is 2. The summed E-state index contributed by atoms with van der Waals surface area (Å²) >= 11 is 0. The van der Waals surface area contributed by atoms with Gasteiger partial charge in [-0.1, -0.05) is 66.8 Å². The van der Waals surface area contributed by atoms with E-state index in [0.29, 0.717) is 12.3 Å². The third kappa shape index (κ3) is 4.06. The van der Waals surface area contributed by atoms with Crippen molar-refractivity contribution in [2.45, 2.75) is 18.3 Å². The Kier molecular flexibility index (Phi) is 5.67. The number of carbonyl (C=O) groups is 1. The van der Waals surface area contributed by atoms with Gasteiger partial charge in [-0.15, -0.1) is 6.58 Å². The third-order valence-electron chi connectivity index (χ3n) is 4.65. The summed E-state index contributed by atoms with van der Waals surface area (Å²) in [6.45, 7) is 3.83. The SMILES string of the molecule is C=CCC1(c2ccccc2)C=CC=CN=C1N.O=C1Cc2ccccc2N1. The smallest absolute Gasteiger partial charge is 0.228 e. The molecule has 4 nitrogen and oxygen atoms in total. The fraction of sp³-hybridized carbons (Fsp3) is 0.130. The molecule has 2 aliphatic heterocycles. The van der Waals surface area contributed by atoms with Crippen molar-refractivity contribution in [3.05, 3.63) is 103 Å². The van der Waals surface area contributed by atoms with Gasteiger partial charge in [-0.2, -0.15) is 0 Å². The third-order valence-corrected chi connectivity index (χ3v) is 4.65. The molecule has 2 aliphatic rings.